The molecule has 0 amide bonds. The number of nitrogens with one attached hydrogen (secondary N) is 1. The summed E-state index contributed by atoms with van der Waals surface area (Å²) in [7, 11) is 1.83. The second-order valence-electron chi connectivity index (χ2n) is 3.86. The van der Waals surface area contributed by atoms with Crippen LogP contribution in [0.4, 0.5) is 5.82 Å². The molecule has 2 heterocycles. The molecule has 1 N–H and O–H groups in total. The Hall–Kier alpha value is -1.62. The van der Waals surface area contributed by atoms with Gasteiger partial charge in [0.2, 0.25) is 0 Å². The van der Waals surface area contributed by atoms with E-state index in [-0.39, 0.29) is 4.87 Å². The zero-order chi connectivity index (χ0) is 12.4. The van der Waals surface area contributed by atoms with Crippen molar-refractivity contribution in [1.29, 1.82) is 0 Å². The molecule has 0 atom stereocenters. The lowest BCUT2D eigenvalue weighted by atomic mass is 10.3. The van der Waals surface area contributed by atoms with Crippen molar-refractivity contribution in [1.82, 2.24) is 9.55 Å². The van der Waals surface area contributed by atoms with Gasteiger partial charge in [-0.3, -0.25) is 9.36 Å². The van der Waals surface area contributed by atoms with Crippen LogP contribution in [0.3, 0.4) is 0 Å². The number of rotatable bonds is 3. The highest BCUT2D eigenvalue weighted by atomic mass is 32.1. The number of pyridine rings is 1. The topological polar surface area (TPSA) is 46.9 Å². The van der Waals surface area contributed by atoms with Gasteiger partial charge in [-0.05, 0) is 26.0 Å². The highest BCUT2D eigenvalue weighted by Crippen LogP contribution is 2.12. The van der Waals surface area contributed by atoms with Gasteiger partial charge in [-0.25, -0.2) is 4.98 Å². The van der Waals surface area contributed by atoms with Crippen molar-refractivity contribution < 1.29 is 0 Å². The Balaban J connectivity index is 2.34. The van der Waals surface area contributed by atoms with E-state index in [0.29, 0.717) is 6.54 Å². The summed E-state index contributed by atoms with van der Waals surface area (Å²) in [5.41, 5.74) is 1.91. The quantitative estimate of drug-likeness (QED) is 0.905. The van der Waals surface area contributed by atoms with Gasteiger partial charge in [0.15, 0.2) is 0 Å². The lowest BCUT2D eigenvalue weighted by molar-refractivity contribution is 0.733. The number of aryl methyl sites for hydroxylation is 1. The molecule has 90 valence electrons. The van der Waals surface area contributed by atoms with Crippen LogP contribution in [0.1, 0.15) is 16.3 Å². The van der Waals surface area contributed by atoms with Crippen molar-refractivity contribution >= 4 is 17.2 Å². The summed E-state index contributed by atoms with van der Waals surface area (Å²) in [5.74, 6) is 0.820. The third-order valence-electron chi connectivity index (χ3n) is 2.76. The molecule has 5 heteroatoms. The fourth-order valence-corrected chi connectivity index (χ4v) is 2.47. The summed E-state index contributed by atoms with van der Waals surface area (Å²) in [5, 5.41) is 2.99. The number of anilines is 1. The third kappa shape index (κ3) is 2.39. The molecule has 4 nitrogen and oxygen atoms in total. The molecule has 0 aliphatic heterocycles. The SMILES string of the molecule is CNc1cccc(Cn2c(C)c(C)sc2=O)n1. The first kappa shape index (κ1) is 11.9. The van der Waals surface area contributed by atoms with E-state index in [4.69, 9.17) is 0 Å². The second-order valence-corrected chi connectivity index (χ2v) is 5.03. The standard InChI is InChI=1S/C12H15N3OS/c1-8-9(2)17-12(16)15(8)7-10-5-4-6-11(13-3)14-10/h4-6H,7H2,1-3H3,(H,13,14). The first-order valence-electron chi connectivity index (χ1n) is 5.42. The van der Waals surface area contributed by atoms with Gasteiger partial charge in [0.25, 0.3) is 0 Å². The Morgan fingerprint density at radius 2 is 2.18 bits per heavy atom. The number of hydrogen-bond donors (Lipinski definition) is 1. The van der Waals surface area contributed by atoms with Crippen LogP contribution >= 0.6 is 11.3 Å². The van der Waals surface area contributed by atoms with Crippen molar-refractivity contribution in [3.05, 3.63) is 44.1 Å². The summed E-state index contributed by atoms with van der Waals surface area (Å²) in [6, 6.07) is 5.77. The molecule has 0 aromatic carbocycles. The average molecular weight is 249 g/mol. The number of nitrogens with zero attached hydrogens (tertiary/aromatic N) is 2. The molecule has 0 unspecified atom stereocenters. The normalized spacial score (nSPS) is 10.5. The maximum absolute atomic E-state index is 11.8. The van der Waals surface area contributed by atoms with Crippen LogP contribution in [0.2, 0.25) is 0 Å². The highest BCUT2D eigenvalue weighted by Gasteiger charge is 2.08. The fourth-order valence-electron chi connectivity index (χ4n) is 1.64. The first-order valence-corrected chi connectivity index (χ1v) is 6.24. The molecule has 0 radical (unpaired) electrons. The first-order chi connectivity index (χ1) is 8.11. The van der Waals surface area contributed by atoms with E-state index >= 15 is 0 Å². The van der Waals surface area contributed by atoms with E-state index in [0.717, 1.165) is 22.1 Å². The van der Waals surface area contributed by atoms with Gasteiger partial charge in [0.05, 0.1) is 12.2 Å². The highest BCUT2D eigenvalue weighted by molar-refractivity contribution is 7.09. The molecule has 0 fully saturated rings. The minimum absolute atomic E-state index is 0.0802. The largest absolute Gasteiger partial charge is 0.373 e. The van der Waals surface area contributed by atoms with Crippen molar-refractivity contribution in [2.45, 2.75) is 20.4 Å². The van der Waals surface area contributed by atoms with Crippen LogP contribution < -0.4 is 10.2 Å². The monoisotopic (exact) mass is 249 g/mol. The predicted molar refractivity (Wildman–Crippen MR) is 70.9 cm³/mol. The molecule has 0 aliphatic rings. The van der Waals surface area contributed by atoms with Gasteiger partial charge >= 0.3 is 4.87 Å². The fraction of sp³-hybridized carbons (Fsp3) is 0.333. The maximum Gasteiger partial charge on any atom is 0.307 e. The van der Waals surface area contributed by atoms with E-state index in [9.17, 15) is 4.79 Å². The third-order valence-corrected chi connectivity index (χ3v) is 3.75. The molecular weight excluding hydrogens is 234 g/mol. The van der Waals surface area contributed by atoms with E-state index in [1.807, 2.05) is 39.1 Å². The number of hydrogen-bond acceptors (Lipinski definition) is 4. The smallest absolute Gasteiger partial charge is 0.307 e. The Morgan fingerprint density at radius 3 is 2.76 bits per heavy atom. The van der Waals surface area contributed by atoms with Crippen LogP contribution in [-0.2, 0) is 6.54 Å². The zero-order valence-electron chi connectivity index (χ0n) is 10.2. The molecule has 2 aromatic heterocycles. The van der Waals surface area contributed by atoms with Crippen LogP contribution in [0.15, 0.2) is 23.0 Å². The van der Waals surface area contributed by atoms with Crippen molar-refractivity contribution in [3.63, 3.8) is 0 Å². The lowest BCUT2D eigenvalue weighted by Crippen LogP contribution is -2.16. The van der Waals surface area contributed by atoms with E-state index < -0.39 is 0 Å². The molecule has 0 aliphatic carbocycles. The summed E-state index contributed by atoms with van der Waals surface area (Å²) in [6.07, 6.45) is 0. The van der Waals surface area contributed by atoms with Gasteiger partial charge in [0, 0.05) is 17.6 Å². The minimum atomic E-state index is 0.0802. The molecule has 0 saturated carbocycles. The van der Waals surface area contributed by atoms with Crippen LogP contribution in [0.5, 0.6) is 0 Å². The molecule has 0 bridgehead atoms. The molecule has 0 spiro atoms. The van der Waals surface area contributed by atoms with Gasteiger partial charge in [0.1, 0.15) is 5.82 Å². The minimum Gasteiger partial charge on any atom is -0.373 e. The second kappa shape index (κ2) is 4.71. The molecule has 0 saturated heterocycles. The Bertz CT molecular complexity index is 586. The van der Waals surface area contributed by atoms with Crippen LogP contribution in [0.25, 0.3) is 0 Å². The van der Waals surface area contributed by atoms with Crippen molar-refractivity contribution in [3.8, 4) is 0 Å². The summed E-state index contributed by atoms with van der Waals surface area (Å²) in [4.78, 5) is 17.3. The number of aromatic nitrogens is 2. The molecule has 2 rings (SSSR count). The maximum atomic E-state index is 11.8. The van der Waals surface area contributed by atoms with E-state index in [1.165, 1.54) is 11.3 Å². The van der Waals surface area contributed by atoms with Gasteiger partial charge < -0.3 is 5.32 Å². The summed E-state index contributed by atoms with van der Waals surface area (Å²) in [6.45, 7) is 4.47. The zero-order valence-corrected chi connectivity index (χ0v) is 11.0. The lowest BCUT2D eigenvalue weighted by Gasteiger charge is -2.06. The predicted octanol–water partition coefficient (Wildman–Crippen LogP) is 2.01. The number of thiazole rings is 1. The van der Waals surface area contributed by atoms with Crippen LogP contribution in [0, 0.1) is 13.8 Å². The van der Waals surface area contributed by atoms with E-state index in [2.05, 4.69) is 10.3 Å². The average Bonchev–Trinajstić information content (AvgIpc) is 2.56. The van der Waals surface area contributed by atoms with Gasteiger partial charge in [-0.2, -0.15) is 0 Å². The Kier molecular flexibility index (Phi) is 3.28. The van der Waals surface area contributed by atoms with Crippen molar-refractivity contribution in [2.24, 2.45) is 0 Å². The Labute approximate surface area is 104 Å². The van der Waals surface area contributed by atoms with Gasteiger partial charge in [-0.1, -0.05) is 17.4 Å². The molecular formula is C12H15N3OS. The van der Waals surface area contributed by atoms with Crippen molar-refractivity contribution in [2.75, 3.05) is 12.4 Å². The van der Waals surface area contributed by atoms with Gasteiger partial charge in [-0.15, -0.1) is 0 Å². The Morgan fingerprint density at radius 1 is 1.41 bits per heavy atom. The molecule has 17 heavy (non-hydrogen) atoms. The summed E-state index contributed by atoms with van der Waals surface area (Å²) >= 11 is 1.29. The molecule has 2 aromatic rings. The van der Waals surface area contributed by atoms with E-state index in [1.54, 1.807) is 4.57 Å². The summed E-state index contributed by atoms with van der Waals surface area (Å²) < 4.78 is 1.77. The van der Waals surface area contributed by atoms with Crippen LogP contribution in [-0.4, -0.2) is 16.6 Å².